The smallest absolute Gasteiger partial charge is 0.0816 e. The Balaban J connectivity index is 2.71. The Labute approximate surface area is 98.3 Å². The Morgan fingerprint density at radius 1 is 1.25 bits per heavy atom. The fraction of sp³-hybridized carbons (Fsp3) is 0.571. The van der Waals surface area contributed by atoms with Gasteiger partial charge in [0, 0.05) is 13.7 Å². The molecule has 0 aliphatic carbocycles. The van der Waals surface area contributed by atoms with Gasteiger partial charge in [-0.15, -0.1) is 0 Å². The molecule has 0 aliphatic heterocycles. The van der Waals surface area contributed by atoms with Crippen LogP contribution in [0.25, 0.3) is 0 Å². The minimum Gasteiger partial charge on any atom is -0.388 e. The number of rotatable bonds is 5. The van der Waals surface area contributed by atoms with Gasteiger partial charge in [-0.3, -0.25) is 0 Å². The summed E-state index contributed by atoms with van der Waals surface area (Å²) < 4.78 is 5.03. The van der Waals surface area contributed by atoms with Crippen LogP contribution < -0.4 is 0 Å². The van der Waals surface area contributed by atoms with Crippen LogP contribution in [0.4, 0.5) is 0 Å². The third-order valence-corrected chi connectivity index (χ3v) is 3.19. The van der Waals surface area contributed by atoms with E-state index in [1.807, 2.05) is 6.07 Å². The summed E-state index contributed by atoms with van der Waals surface area (Å²) >= 11 is 0. The summed E-state index contributed by atoms with van der Waals surface area (Å²) in [6.45, 7) is 6.91. The molecule has 2 unspecified atom stereocenters. The molecular weight excluding hydrogens is 200 g/mol. The van der Waals surface area contributed by atoms with E-state index < -0.39 is 6.10 Å². The lowest BCUT2D eigenvalue weighted by Crippen LogP contribution is -2.11. The number of ether oxygens (including phenoxy) is 1. The molecule has 0 aliphatic rings. The highest BCUT2D eigenvalue weighted by molar-refractivity contribution is 5.31. The molecule has 0 saturated carbocycles. The van der Waals surface area contributed by atoms with Crippen molar-refractivity contribution in [2.75, 3.05) is 13.7 Å². The van der Waals surface area contributed by atoms with Gasteiger partial charge in [-0.2, -0.15) is 0 Å². The maximum atomic E-state index is 10.2. The van der Waals surface area contributed by atoms with Gasteiger partial charge in [0.05, 0.1) is 6.10 Å². The molecule has 0 heterocycles. The first-order valence-corrected chi connectivity index (χ1v) is 5.80. The minimum absolute atomic E-state index is 0.224. The molecule has 16 heavy (non-hydrogen) atoms. The van der Waals surface area contributed by atoms with E-state index in [0.29, 0.717) is 6.61 Å². The largest absolute Gasteiger partial charge is 0.388 e. The SMILES string of the molecule is COCCC(C)C(O)c1ccc(C)c(C)c1. The molecule has 1 aromatic carbocycles. The first-order chi connectivity index (χ1) is 7.56. The van der Waals surface area contributed by atoms with Crippen LogP contribution >= 0.6 is 0 Å². The summed E-state index contributed by atoms with van der Waals surface area (Å²) in [7, 11) is 1.69. The van der Waals surface area contributed by atoms with Crippen LogP contribution in [0.1, 0.15) is 36.1 Å². The summed E-state index contributed by atoms with van der Waals surface area (Å²) in [4.78, 5) is 0. The lowest BCUT2D eigenvalue weighted by atomic mass is 9.93. The van der Waals surface area contributed by atoms with Crippen molar-refractivity contribution in [2.45, 2.75) is 33.3 Å². The molecule has 0 fully saturated rings. The molecule has 0 bridgehead atoms. The summed E-state index contributed by atoms with van der Waals surface area (Å²) in [6, 6.07) is 6.15. The summed E-state index contributed by atoms with van der Waals surface area (Å²) in [5.74, 6) is 0.224. The van der Waals surface area contributed by atoms with Gasteiger partial charge in [-0.1, -0.05) is 25.1 Å². The molecule has 0 saturated heterocycles. The summed E-state index contributed by atoms with van der Waals surface area (Å²) in [5, 5.41) is 10.2. The van der Waals surface area contributed by atoms with Crippen LogP contribution in [0.5, 0.6) is 0 Å². The van der Waals surface area contributed by atoms with E-state index in [2.05, 4.69) is 32.9 Å². The van der Waals surface area contributed by atoms with Gasteiger partial charge in [0.15, 0.2) is 0 Å². The normalized spacial score (nSPS) is 14.8. The lowest BCUT2D eigenvalue weighted by molar-refractivity contribution is 0.0886. The number of hydrogen-bond acceptors (Lipinski definition) is 2. The first-order valence-electron chi connectivity index (χ1n) is 5.80. The standard InChI is InChI=1S/C14H22O2/c1-10-5-6-13(9-12(10)3)14(15)11(2)7-8-16-4/h5-6,9,11,14-15H,7-8H2,1-4H3. The van der Waals surface area contributed by atoms with E-state index in [4.69, 9.17) is 4.74 Å². The lowest BCUT2D eigenvalue weighted by Gasteiger charge is -2.19. The summed E-state index contributed by atoms with van der Waals surface area (Å²) in [6.07, 6.45) is 0.486. The molecule has 0 spiro atoms. The van der Waals surface area contributed by atoms with Crippen molar-refractivity contribution in [3.63, 3.8) is 0 Å². The van der Waals surface area contributed by atoms with Crippen molar-refractivity contribution in [1.82, 2.24) is 0 Å². The topological polar surface area (TPSA) is 29.5 Å². The third-order valence-electron chi connectivity index (χ3n) is 3.19. The highest BCUT2D eigenvalue weighted by atomic mass is 16.5. The van der Waals surface area contributed by atoms with Crippen LogP contribution in [0.2, 0.25) is 0 Å². The fourth-order valence-electron chi connectivity index (χ4n) is 1.74. The van der Waals surface area contributed by atoms with E-state index >= 15 is 0 Å². The quantitative estimate of drug-likeness (QED) is 0.830. The average Bonchev–Trinajstić information content (AvgIpc) is 2.28. The zero-order valence-corrected chi connectivity index (χ0v) is 10.7. The van der Waals surface area contributed by atoms with Gasteiger partial charge in [0.25, 0.3) is 0 Å². The van der Waals surface area contributed by atoms with Gasteiger partial charge < -0.3 is 9.84 Å². The number of aliphatic hydroxyl groups is 1. The minimum atomic E-state index is -0.394. The molecule has 0 radical (unpaired) electrons. The van der Waals surface area contributed by atoms with Crippen LogP contribution in [-0.2, 0) is 4.74 Å². The fourth-order valence-corrected chi connectivity index (χ4v) is 1.74. The molecule has 0 amide bonds. The highest BCUT2D eigenvalue weighted by Gasteiger charge is 2.16. The predicted molar refractivity (Wildman–Crippen MR) is 66.5 cm³/mol. The maximum Gasteiger partial charge on any atom is 0.0816 e. The number of benzene rings is 1. The summed E-state index contributed by atoms with van der Waals surface area (Å²) in [5.41, 5.74) is 3.50. The zero-order valence-electron chi connectivity index (χ0n) is 10.7. The number of aliphatic hydroxyl groups excluding tert-OH is 1. The average molecular weight is 222 g/mol. The second-order valence-corrected chi connectivity index (χ2v) is 4.55. The van der Waals surface area contributed by atoms with Gasteiger partial charge >= 0.3 is 0 Å². The Hall–Kier alpha value is -0.860. The van der Waals surface area contributed by atoms with Crippen molar-refractivity contribution in [3.05, 3.63) is 34.9 Å². The molecule has 90 valence electrons. The maximum absolute atomic E-state index is 10.2. The monoisotopic (exact) mass is 222 g/mol. The Bertz CT molecular complexity index is 334. The van der Waals surface area contributed by atoms with Crippen LogP contribution in [0.3, 0.4) is 0 Å². The molecule has 2 nitrogen and oxygen atoms in total. The Morgan fingerprint density at radius 2 is 1.94 bits per heavy atom. The van der Waals surface area contributed by atoms with Gasteiger partial charge in [-0.25, -0.2) is 0 Å². The molecule has 2 atom stereocenters. The highest BCUT2D eigenvalue weighted by Crippen LogP contribution is 2.25. The van der Waals surface area contributed by atoms with Crippen LogP contribution in [0, 0.1) is 19.8 Å². The van der Waals surface area contributed by atoms with E-state index in [1.165, 1.54) is 11.1 Å². The Kier molecular flexibility index (Phi) is 4.97. The third kappa shape index (κ3) is 3.32. The molecule has 2 heteroatoms. The van der Waals surface area contributed by atoms with E-state index in [-0.39, 0.29) is 5.92 Å². The number of aryl methyl sites for hydroxylation is 2. The first kappa shape index (κ1) is 13.2. The van der Waals surface area contributed by atoms with Gasteiger partial charge in [0.1, 0.15) is 0 Å². The number of methoxy groups -OCH3 is 1. The van der Waals surface area contributed by atoms with Crippen molar-refractivity contribution < 1.29 is 9.84 Å². The van der Waals surface area contributed by atoms with E-state index in [9.17, 15) is 5.11 Å². The van der Waals surface area contributed by atoms with Gasteiger partial charge in [-0.05, 0) is 42.9 Å². The molecular formula is C14H22O2. The van der Waals surface area contributed by atoms with Gasteiger partial charge in [0.2, 0.25) is 0 Å². The molecule has 1 aromatic rings. The van der Waals surface area contributed by atoms with Crippen molar-refractivity contribution in [2.24, 2.45) is 5.92 Å². The van der Waals surface area contributed by atoms with Crippen molar-refractivity contribution in [3.8, 4) is 0 Å². The Morgan fingerprint density at radius 3 is 2.50 bits per heavy atom. The zero-order chi connectivity index (χ0) is 12.1. The van der Waals surface area contributed by atoms with E-state index in [1.54, 1.807) is 7.11 Å². The van der Waals surface area contributed by atoms with Crippen molar-refractivity contribution in [1.29, 1.82) is 0 Å². The molecule has 1 N–H and O–H groups in total. The predicted octanol–water partition coefficient (Wildman–Crippen LogP) is 3.01. The van der Waals surface area contributed by atoms with Crippen molar-refractivity contribution >= 4 is 0 Å². The van der Waals surface area contributed by atoms with Crippen LogP contribution in [0.15, 0.2) is 18.2 Å². The second kappa shape index (κ2) is 6.02. The molecule has 0 aromatic heterocycles. The van der Waals surface area contributed by atoms with Crippen LogP contribution in [-0.4, -0.2) is 18.8 Å². The van der Waals surface area contributed by atoms with E-state index in [0.717, 1.165) is 12.0 Å². The number of hydrogen-bond donors (Lipinski definition) is 1. The molecule has 1 rings (SSSR count). The second-order valence-electron chi connectivity index (χ2n) is 4.55.